The van der Waals surface area contributed by atoms with Crippen LogP contribution in [0.15, 0.2) is 54.3 Å². The van der Waals surface area contributed by atoms with Crippen LogP contribution in [0.1, 0.15) is 28.5 Å². The summed E-state index contributed by atoms with van der Waals surface area (Å²) < 4.78 is 4.67. The molecule has 0 amide bonds. The number of carbonyl (C=O) groups is 2. The second kappa shape index (κ2) is 8.05. The van der Waals surface area contributed by atoms with Gasteiger partial charge in [-0.1, -0.05) is 17.7 Å². The van der Waals surface area contributed by atoms with Crippen LogP contribution in [0.5, 0.6) is 0 Å². The molecule has 1 aliphatic rings. The van der Waals surface area contributed by atoms with E-state index in [9.17, 15) is 19.7 Å². The van der Waals surface area contributed by atoms with Crippen molar-refractivity contribution in [3.05, 3.63) is 81.2 Å². The minimum atomic E-state index is -0.788. The zero-order chi connectivity index (χ0) is 21.1. The summed E-state index contributed by atoms with van der Waals surface area (Å²) in [6.07, 6.45) is 5.34. The van der Waals surface area contributed by atoms with Crippen LogP contribution in [-0.4, -0.2) is 28.8 Å². The number of hydrogen-bond donors (Lipinski definition) is 1. The summed E-state index contributed by atoms with van der Waals surface area (Å²) >= 11 is 0. The summed E-state index contributed by atoms with van der Waals surface area (Å²) in [5.74, 6) is -1.29. The molecular formula is C21H19N3O5. The van der Waals surface area contributed by atoms with Gasteiger partial charge < -0.3 is 10.5 Å². The molecule has 0 aliphatic heterocycles. The van der Waals surface area contributed by atoms with Gasteiger partial charge in [0.05, 0.1) is 17.6 Å². The highest BCUT2D eigenvalue weighted by Crippen LogP contribution is 2.34. The predicted octanol–water partition coefficient (Wildman–Crippen LogP) is 3.13. The SMILES string of the molecule is COC(=O)c1cc(C2=CC(=O)C(Cc3ccccn3)C(C)=C2)cc([N+](=O)[O-])c1N. The summed E-state index contributed by atoms with van der Waals surface area (Å²) in [6.45, 7) is 1.82. The Kier molecular flexibility index (Phi) is 5.54. The smallest absolute Gasteiger partial charge is 0.340 e. The molecule has 2 aromatic rings. The number of anilines is 1. The lowest BCUT2D eigenvalue weighted by molar-refractivity contribution is -0.383. The van der Waals surface area contributed by atoms with Gasteiger partial charge in [0.2, 0.25) is 0 Å². The molecule has 1 aliphatic carbocycles. The van der Waals surface area contributed by atoms with E-state index in [1.807, 2.05) is 19.1 Å². The Morgan fingerprint density at radius 1 is 1.31 bits per heavy atom. The number of esters is 1. The van der Waals surface area contributed by atoms with Crippen molar-refractivity contribution in [3.63, 3.8) is 0 Å². The van der Waals surface area contributed by atoms with E-state index in [-0.39, 0.29) is 23.0 Å². The van der Waals surface area contributed by atoms with Crippen molar-refractivity contribution >= 4 is 28.7 Å². The largest absolute Gasteiger partial charge is 0.465 e. The zero-order valence-electron chi connectivity index (χ0n) is 15.9. The number of nitrogen functional groups attached to an aromatic ring is 1. The maximum Gasteiger partial charge on any atom is 0.340 e. The average molecular weight is 393 g/mol. The number of pyridine rings is 1. The number of aromatic nitrogens is 1. The van der Waals surface area contributed by atoms with Gasteiger partial charge in [-0.25, -0.2) is 4.79 Å². The van der Waals surface area contributed by atoms with Gasteiger partial charge >= 0.3 is 5.97 Å². The molecule has 1 aromatic carbocycles. The highest BCUT2D eigenvalue weighted by atomic mass is 16.6. The number of nitrogens with two attached hydrogens (primary N) is 1. The Morgan fingerprint density at radius 2 is 2.07 bits per heavy atom. The molecule has 3 rings (SSSR count). The van der Waals surface area contributed by atoms with Gasteiger partial charge in [0.25, 0.3) is 5.69 Å². The number of allylic oxidation sites excluding steroid dienone is 4. The summed E-state index contributed by atoms with van der Waals surface area (Å²) in [4.78, 5) is 39.7. The molecule has 0 fully saturated rings. The number of hydrogen-bond acceptors (Lipinski definition) is 7. The van der Waals surface area contributed by atoms with Gasteiger partial charge in [-0.15, -0.1) is 0 Å². The van der Waals surface area contributed by atoms with Crippen molar-refractivity contribution in [1.29, 1.82) is 0 Å². The van der Waals surface area contributed by atoms with E-state index in [4.69, 9.17) is 5.73 Å². The van der Waals surface area contributed by atoms with Crippen LogP contribution in [0.25, 0.3) is 5.57 Å². The van der Waals surface area contributed by atoms with Crippen molar-refractivity contribution in [1.82, 2.24) is 4.98 Å². The first-order valence-electron chi connectivity index (χ1n) is 8.82. The Balaban J connectivity index is 2.00. The lowest BCUT2D eigenvalue weighted by atomic mass is 9.83. The monoisotopic (exact) mass is 393 g/mol. The van der Waals surface area contributed by atoms with E-state index in [2.05, 4.69) is 9.72 Å². The normalized spacial score (nSPS) is 16.1. The number of rotatable bonds is 5. The minimum Gasteiger partial charge on any atom is -0.465 e. The Hall–Kier alpha value is -3.81. The van der Waals surface area contributed by atoms with Crippen LogP contribution in [0.2, 0.25) is 0 Å². The lowest BCUT2D eigenvalue weighted by Gasteiger charge is -2.20. The molecule has 8 heteroatoms. The Bertz CT molecular complexity index is 1060. The molecule has 8 nitrogen and oxygen atoms in total. The lowest BCUT2D eigenvalue weighted by Crippen LogP contribution is -2.20. The van der Waals surface area contributed by atoms with Crippen LogP contribution in [0.3, 0.4) is 0 Å². The molecule has 0 saturated carbocycles. The van der Waals surface area contributed by atoms with E-state index in [1.54, 1.807) is 18.3 Å². The summed E-state index contributed by atoms with van der Waals surface area (Å²) in [7, 11) is 1.16. The molecule has 0 spiro atoms. The van der Waals surface area contributed by atoms with Crippen molar-refractivity contribution in [2.75, 3.05) is 12.8 Å². The number of ether oxygens (including phenoxy) is 1. The first-order chi connectivity index (χ1) is 13.8. The van der Waals surface area contributed by atoms with Gasteiger partial charge in [-0.2, -0.15) is 0 Å². The molecule has 1 heterocycles. The molecule has 0 bridgehead atoms. The van der Waals surface area contributed by atoms with Crippen molar-refractivity contribution < 1.29 is 19.2 Å². The fourth-order valence-corrected chi connectivity index (χ4v) is 3.26. The number of nitro benzene ring substituents is 1. The van der Waals surface area contributed by atoms with Crippen LogP contribution in [-0.2, 0) is 16.0 Å². The standard InChI is InChI=1S/C21H19N3O5/c1-12-7-13(10-19(25)16(12)11-15-5-3-4-6-23-15)14-8-17(21(26)29-2)20(22)18(9-14)24(27)28/h3-10,16H,11,22H2,1-2H3. The Morgan fingerprint density at radius 3 is 2.66 bits per heavy atom. The highest BCUT2D eigenvalue weighted by molar-refractivity contribution is 6.06. The third-order valence-electron chi connectivity index (χ3n) is 4.81. The van der Waals surface area contributed by atoms with Crippen molar-refractivity contribution in [3.8, 4) is 0 Å². The maximum atomic E-state index is 12.8. The third-order valence-corrected chi connectivity index (χ3v) is 4.81. The van der Waals surface area contributed by atoms with Gasteiger partial charge in [-0.05, 0) is 42.3 Å². The number of methoxy groups -OCH3 is 1. The number of benzene rings is 1. The van der Waals surface area contributed by atoms with E-state index < -0.39 is 16.6 Å². The molecular weight excluding hydrogens is 374 g/mol. The molecule has 1 unspecified atom stereocenters. The second-order valence-corrected chi connectivity index (χ2v) is 6.67. The average Bonchev–Trinajstić information content (AvgIpc) is 2.70. The highest BCUT2D eigenvalue weighted by Gasteiger charge is 2.27. The quantitative estimate of drug-likeness (QED) is 0.358. The van der Waals surface area contributed by atoms with E-state index in [0.717, 1.165) is 18.4 Å². The number of carbonyl (C=O) groups excluding carboxylic acids is 2. The topological polar surface area (TPSA) is 125 Å². The predicted molar refractivity (Wildman–Crippen MR) is 107 cm³/mol. The van der Waals surface area contributed by atoms with Gasteiger partial charge in [0, 0.05) is 30.3 Å². The van der Waals surface area contributed by atoms with Gasteiger partial charge in [0.1, 0.15) is 5.69 Å². The molecule has 148 valence electrons. The van der Waals surface area contributed by atoms with Gasteiger partial charge in [0.15, 0.2) is 5.78 Å². The fourth-order valence-electron chi connectivity index (χ4n) is 3.26. The van der Waals surface area contributed by atoms with E-state index in [1.165, 1.54) is 18.2 Å². The van der Waals surface area contributed by atoms with Gasteiger partial charge in [-0.3, -0.25) is 19.9 Å². The minimum absolute atomic E-state index is 0.119. The Labute approximate surface area is 166 Å². The first-order valence-corrected chi connectivity index (χ1v) is 8.82. The maximum absolute atomic E-state index is 12.8. The molecule has 0 saturated heterocycles. The van der Waals surface area contributed by atoms with Crippen LogP contribution in [0, 0.1) is 16.0 Å². The summed E-state index contributed by atoms with van der Waals surface area (Å²) in [6, 6.07) is 8.17. The molecule has 1 atom stereocenters. The van der Waals surface area contributed by atoms with Crippen LogP contribution in [0.4, 0.5) is 11.4 Å². The van der Waals surface area contributed by atoms with Crippen molar-refractivity contribution in [2.45, 2.75) is 13.3 Å². The van der Waals surface area contributed by atoms with E-state index >= 15 is 0 Å². The molecule has 1 aromatic heterocycles. The zero-order valence-corrected chi connectivity index (χ0v) is 15.9. The van der Waals surface area contributed by atoms with Crippen molar-refractivity contribution in [2.24, 2.45) is 5.92 Å². The first kappa shape index (κ1) is 19.9. The summed E-state index contributed by atoms with van der Waals surface area (Å²) in [5.41, 5.74) is 7.37. The molecule has 0 radical (unpaired) electrons. The van der Waals surface area contributed by atoms with Crippen LogP contribution >= 0.6 is 0 Å². The number of nitro groups is 1. The third kappa shape index (κ3) is 4.06. The number of ketones is 1. The molecule has 29 heavy (non-hydrogen) atoms. The van der Waals surface area contributed by atoms with Crippen LogP contribution < -0.4 is 5.73 Å². The molecule has 2 N–H and O–H groups in total. The summed E-state index contributed by atoms with van der Waals surface area (Å²) in [5, 5.41) is 11.4. The second-order valence-electron chi connectivity index (χ2n) is 6.67. The number of nitrogens with zero attached hydrogens (tertiary/aromatic N) is 2. The fraction of sp³-hybridized carbons (Fsp3) is 0.190. The van der Waals surface area contributed by atoms with E-state index in [0.29, 0.717) is 17.6 Å².